The van der Waals surface area contributed by atoms with E-state index in [0.29, 0.717) is 0 Å². The lowest BCUT2D eigenvalue weighted by molar-refractivity contribution is 0.191. The molecule has 3 rings (SSSR count). The maximum absolute atomic E-state index is 9.34. The molecule has 1 atom stereocenters. The van der Waals surface area contributed by atoms with Gasteiger partial charge in [-0.3, -0.25) is 0 Å². The van der Waals surface area contributed by atoms with Crippen molar-refractivity contribution < 1.29 is 9.84 Å². The van der Waals surface area contributed by atoms with Gasteiger partial charge in [-0.05, 0) is 18.6 Å². The average Bonchev–Trinajstić information content (AvgIpc) is 2.89. The van der Waals surface area contributed by atoms with Gasteiger partial charge in [-0.15, -0.1) is 10.2 Å². The van der Waals surface area contributed by atoms with Gasteiger partial charge < -0.3 is 14.4 Å². The largest absolute Gasteiger partial charge is 0.496 e. The molecule has 0 saturated carbocycles. The van der Waals surface area contributed by atoms with Crippen molar-refractivity contribution in [1.29, 1.82) is 0 Å². The molecule has 1 aromatic heterocycles. The highest BCUT2D eigenvalue weighted by molar-refractivity contribution is 5.64. The van der Waals surface area contributed by atoms with Crippen LogP contribution in [0.25, 0.3) is 11.4 Å². The molecule has 100 valence electrons. The van der Waals surface area contributed by atoms with Crippen LogP contribution < -0.4 is 4.74 Å². The average molecular weight is 259 g/mol. The molecule has 19 heavy (non-hydrogen) atoms. The molecule has 0 spiro atoms. The molecule has 2 aromatic rings. The molecule has 0 radical (unpaired) electrons. The highest BCUT2D eigenvalue weighted by Gasteiger charge is 2.24. The Morgan fingerprint density at radius 3 is 3.00 bits per heavy atom. The molecule has 1 aromatic carbocycles. The molecule has 1 aliphatic rings. The molecule has 0 amide bonds. The number of fused-ring (bicyclic) bond motifs is 1. The van der Waals surface area contributed by atoms with Crippen LogP contribution in [0.15, 0.2) is 24.3 Å². The first kappa shape index (κ1) is 12.2. The van der Waals surface area contributed by atoms with E-state index in [4.69, 9.17) is 4.74 Å². The first-order valence-corrected chi connectivity index (χ1v) is 6.49. The number of hydrogen-bond acceptors (Lipinski definition) is 4. The molecule has 2 heterocycles. The normalized spacial score (nSPS) is 18.1. The van der Waals surface area contributed by atoms with Gasteiger partial charge in [-0.25, -0.2) is 0 Å². The summed E-state index contributed by atoms with van der Waals surface area (Å²) in [6, 6.07) is 7.81. The lowest BCUT2D eigenvalue weighted by Crippen LogP contribution is -2.23. The summed E-state index contributed by atoms with van der Waals surface area (Å²) in [5.74, 6) is 2.90. The standard InChI is InChI=1S/C14H17N3O2/c1-19-12-5-3-2-4-11(12)14-16-15-13-7-6-10(9-18)8-17(13)14/h2-5,10,18H,6-9H2,1H3. The van der Waals surface area contributed by atoms with Gasteiger partial charge in [-0.1, -0.05) is 12.1 Å². The minimum absolute atomic E-state index is 0.211. The van der Waals surface area contributed by atoms with Gasteiger partial charge >= 0.3 is 0 Å². The molecule has 0 aliphatic carbocycles. The first-order chi connectivity index (χ1) is 9.33. The molecular formula is C14H17N3O2. The van der Waals surface area contributed by atoms with Gasteiger partial charge in [0, 0.05) is 25.5 Å². The summed E-state index contributed by atoms with van der Waals surface area (Å²) in [7, 11) is 1.66. The SMILES string of the molecule is COc1ccccc1-c1nnc2n1CC(CO)CC2. The van der Waals surface area contributed by atoms with Gasteiger partial charge in [0.1, 0.15) is 11.6 Å². The zero-order chi connectivity index (χ0) is 13.2. The molecule has 1 aliphatic heterocycles. The highest BCUT2D eigenvalue weighted by atomic mass is 16.5. The van der Waals surface area contributed by atoms with E-state index < -0.39 is 0 Å². The number of aromatic nitrogens is 3. The van der Waals surface area contributed by atoms with Crippen molar-refractivity contribution in [3.05, 3.63) is 30.1 Å². The quantitative estimate of drug-likeness (QED) is 0.907. The summed E-state index contributed by atoms with van der Waals surface area (Å²) in [6.45, 7) is 0.981. The smallest absolute Gasteiger partial charge is 0.167 e. The van der Waals surface area contributed by atoms with Gasteiger partial charge in [0.05, 0.1) is 12.7 Å². The van der Waals surface area contributed by atoms with Crippen LogP contribution in [0.1, 0.15) is 12.2 Å². The Morgan fingerprint density at radius 1 is 1.37 bits per heavy atom. The lowest BCUT2D eigenvalue weighted by Gasteiger charge is -2.22. The Kier molecular flexibility index (Phi) is 3.21. The summed E-state index contributed by atoms with van der Waals surface area (Å²) in [6.07, 6.45) is 1.84. The number of aliphatic hydroxyl groups excluding tert-OH is 1. The maximum atomic E-state index is 9.34. The van der Waals surface area contributed by atoms with Crippen molar-refractivity contribution in [1.82, 2.24) is 14.8 Å². The maximum Gasteiger partial charge on any atom is 0.167 e. The molecule has 5 heteroatoms. The number of rotatable bonds is 3. The summed E-state index contributed by atoms with van der Waals surface area (Å²) in [4.78, 5) is 0. The number of hydrogen-bond donors (Lipinski definition) is 1. The molecule has 5 nitrogen and oxygen atoms in total. The molecule has 1 N–H and O–H groups in total. The molecule has 1 unspecified atom stereocenters. The second kappa shape index (κ2) is 5.01. The van der Waals surface area contributed by atoms with Crippen molar-refractivity contribution in [2.45, 2.75) is 19.4 Å². The topological polar surface area (TPSA) is 60.2 Å². The fourth-order valence-corrected chi connectivity index (χ4v) is 2.57. The van der Waals surface area contributed by atoms with Crippen molar-refractivity contribution in [2.24, 2.45) is 5.92 Å². The van der Waals surface area contributed by atoms with Crippen LogP contribution in [0.2, 0.25) is 0 Å². The van der Waals surface area contributed by atoms with Crippen molar-refractivity contribution >= 4 is 0 Å². The third-order valence-corrected chi connectivity index (χ3v) is 3.65. The van der Waals surface area contributed by atoms with E-state index in [0.717, 1.165) is 42.3 Å². The number of ether oxygens (including phenoxy) is 1. The monoisotopic (exact) mass is 259 g/mol. The minimum Gasteiger partial charge on any atom is -0.496 e. The van der Waals surface area contributed by atoms with Gasteiger partial charge in [0.15, 0.2) is 5.82 Å². The molecular weight excluding hydrogens is 242 g/mol. The van der Waals surface area contributed by atoms with Gasteiger partial charge in [-0.2, -0.15) is 0 Å². The minimum atomic E-state index is 0.211. The molecule has 0 bridgehead atoms. The van der Waals surface area contributed by atoms with E-state index in [9.17, 15) is 5.11 Å². The van der Waals surface area contributed by atoms with Gasteiger partial charge in [0.2, 0.25) is 0 Å². The van der Waals surface area contributed by atoms with E-state index in [1.54, 1.807) is 7.11 Å². The Labute approximate surface area is 111 Å². The molecule has 0 saturated heterocycles. The Hall–Kier alpha value is -1.88. The van der Waals surface area contributed by atoms with E-state index in [1.165, 1.54) is 0 Å². The number of para-hydroxylation sites is 1. The number of aryl methyl sites for hydroxylation is 1. The Morgan fingerprint density at radius 2 is 2.21 bits per heavy atom. The second-order valence-electron chi connectivity index (χ2n) is 4.84. The molecule has 0 fully saturated rings. The Balaban J connectivity index is 2.05. The summed E-state index contributed by atoms with van der Waals surface area (Å²) >= 11 is 0. The number of methoxy groups -OCH3 is 1. The Bertz CT molecular complexity index is 580. The third kappa shape index (κ3) is 2.10. The van der Waals surface area contributed by atoms with Crippen LogP contribution in [0.5, 0.6) is 5.75 Å². The van der Waals surface area contributed by atoms with Crippen molar-refractivity contribution in [3.63, 3.8) is 0 Å². The van der Waals surface area contributed by atoms with E-state index in [1.807, 2.05) is 24.3 Å². The summed E-state index contributed by atoms with van der Waals surface area (Å²) < 4.78 is 7.48. The zero-order valence-corrected chi connectivity index (χ0v) is 10.9. The van der Waals surface area contributed by atoms with Crippen LogP contribution in [0, 0.1) is 5.92 Å². The van der Waals surface area contributed by atoms with Crippen LogP contribution in [-0.4, -0.2) is 33.6 Å². The number of nitrogens with zero attached hydrogens (tertiary/aromatic N) is 3. The summed E-state index contributed by atoms with van der Waals surface area (Å²) in [5, 5.41) is 17.9. The second-order valence-corrected chi connectivity index (χ2v) is 4.84. The van der Waals surface area contributed by atoms with Crippen LogP contribution in [0.3, 0.4) is 0 Å². The van der Waals surface area contributed by atoms with Gasteiger partial charge in [0.25, 0.3) is 0 Å². The van der Waals surface area contributed by atoms with Crippen LogP contribution in [0.4, 0.5) is 0 Å². The van der Waals surface area contributed by atoms with E-state index in [-0.39, 0.29) is 12.5 Å². The predicted molar refractivity (Wildman–Crippen MR) is 70.9 cm³/mol. The highest BCUT2D eigenvalue weighted by Crippen LogP contribution is 2.31. The number of aliphatic hydroxyl groups is 1. The van der Waals surface area contributed by atoms with Crippen molar-refractivity contribution in [2.75, 3.05) is 13.7 Å². The fourth-order valence-electron chi connectivity index (χ4n) is 2.57. The van der Waals surface area contributed by atoms with Crippen LogP contribution >= 0.6 is 0 Å². The zero-order valence-electron chi connectivity index (χ0n) is 10.9. The van der Waals surface area contributed by atoms with Crippen LogP contribution in [-0.2, 0) is 13.0 Å². The third-order valence-electron chi connectivity index (χ3n) is 3.65. The van der Waals surface area contributed by atoms with E-state index in [2.05, 4.69) is 14.8 Å². The number of benzene rings is 1. The van der Waals surface area contributed by atoms with E-state index >= 15 is 0 Å². The van der Waals surface area contributed by atoms with Crippen molar-refractivity contribution in [3.8, 4) is 17.1 Å². The first-order valence-electron chi connectivity index (χ1n) is 6.49. The summed E-state index contributed by atoms with van der Waals surface area (Å²) in [5.41, 5.74) is 0.947. The predicted octanol–water partition coefficient (Wildman–Crippen LogP) is 1.51. The lowest BCUT2D eigenvalue weighted by atomic mass is 10.00. The fraction of sp³-hybridized carbons (Fsp3) is 0.429.